The summed E-state index contributed by atoms with van der Waals surface area (Å²) >= 11 is 0. The molecule has 1 aliphatic heterocycles. The molecule has 264 valence electrons. The number of halogens is 2. The lowest BCUT2D eigenvalue weighted by molar-refractivity contribution is -0.143. The zero-order valence-electron chi connectivity index (χ0n) is 28.1. The first-order valence-electron chi connectivity index (χ1n) is 15.5. The van der Waals surface area contributed by atoms with Crippen molar-refractivity contribution in [2.45, 2.75) is 19.0 Å². The SMILES string of the molecule is COc1ccccc1C#CC1N(Cc2ccncc2)c2cccc(Cc3cnc(N)nc3N)c2C(=O)C1(C#Cc1ccccc1OC)C(=O)O.Cl.Cl. The van der Waals surface area contributed by atoms with Crippen molar-refractivity contribution < 1.29 is 24.2 Å². The molecule has 0 bridgehead atoms. The van der Waals surface area contributed by atoms with E-state index >= 15 is 4.79 Å². The van der Waals surface area contributed by atoms with Crippen LogP contribution in [-0.4, -0.2) is 52.1 Å². The van der Waals surface area contributed by atoms with Crippen LogP contribution in [0.25, 0.3) is 0 Å². The molecule has 3 aromatic carbocycles. The number of nitrogens with two attached hydrogens (primary N) is 2. The molecule has 0 radical (unpaired) electrons. The van der Waals surface area contributed by atoms with Crippen molar-refractivity contribution in [1.29, 1.82) is 0 Å². The maximum atomic E-state index is 15.1. The third-order valence-electron chi connectivity index (χ3n) is 8.43. The summed E-state index contributed by atoms with van der Waals surface area (Å²) in [7, 11) is 3.02. The van der Waals surface area contributed by atoms with Gasteiger partial charge in [0.05, 0.1) is 25.3 Å². The molecule has 52 heavy (non-hydrogen) atoms. The molecule has 11 nitrogen and oxygen atoms in total. The summed E-state index contributed by atoms with van der Waals surface area (Å²) in [6, 6.07) is 21.7. The summed E-state index contributed by atoms with van der Waals surface area (Å²) in [5, 5.41) is 11.3. The molecular formula is C39H34Cl2N6O5. The fourth-order valence-corrected chi connectivity index (χ4v) is 5.95. The lowest BCUT2D eigenvalue weighted by atomic mass is 9.69. The van der Waals surface area contributed by atoms with Crippen LogP contribution in [0, 0.1) is 29.1 Å². The predicted molar refractivity (Wildman–Crippen MR) is 203 cm³/mol. The average Bonchev–Trinajstić information content (AvgIpc) is 3.13. The molecule has 0 spiro atoms. The number of anilines is 3. The monoisotopic (exact) mass is 736 g/mol. The van der Waals surface area contributed by atoms with Gasteiger partial charge in [-0.2, -0.15) is 4.98 Å². The van der Waals surface area contributed by atoms with E-state index in [-0.39, 0.29) is 55.1 Å². The number of pyridine rings is 1. The van der Waals surface area contributed by atoms with E-state index < -0.39 is 23.2 Å². The van der Waals surface area contributed by atoms with Gasteiger partial charge in [-0.25, -0.2) is 9.78 Å². The van der Waals surface area contributed by atoms with Gasteiger partial charge in [0, 0.05) is 48.4 Å². The van der Waals surface area contributed by atoms with E-state index in [4.69, 9.17) is 20.9 Å². The Labute approximate surface area is 313 Å². The number of hydrogen-bond donors (Lipinski definition) is 3. The summed E-state index contributed by atoms with van der Waals surface area (Å²) in [6.45, 7) is 0.177. The van der Waals surface area contributed by atoms with Crippen molar-refractivity contribution in [2.75, 3.05) is 30.6 Å². The Balaban J connectivity index is 0.00000302. The number of nitrogens with zero attached hydrogens (tertiary/aromatic N) is 4. The number of ketones is 1. The number of aromatic nitrogens is 3. The van der Waals surface area contributed by atoms with Crippen LogP contribution in [-0.2, 0) is 17.8 Å². The number of carbonyl (C=O) groups is 2. The third-order valence-corrected chi connectivity index (χ3v) is 8.43. The van der Waals surface area contributed by atoms with E-state index in [1.807, 2.05) is 17.0 Å². The lowest BCUT2D eigenvalue weighted by Gasteiger charge is -2.44. The van der Waals surface area contributed by atoms with Gasteiger partial charge in [-0.1, -0.05) is 60.1 Å². The van der Waals surface area contributed by atoms with Crippen LogP contribution < -0.4 is 25.8 Å². The second-order valence-electron chi connectivity index (χ2n) is 11.4. The van der Waals surface area contributed by atoms with Crippen LogP contribution in [0.2, 0.25) is 0 Å². The van der Waals surface area contributed by atoms with Crippen molar-refractivity contribution in [1.82, 2.24) is 15.0 Å². The van der Waals surface area contributed by atoms with Gasteiger partial charge < -0.3 is 30.9 Å². The van der Waals surface area contributed by atoms with Crippen LogP contribution in [0.1, 0.15) is 38.2 Å². The Bertz CT molecular complexity index is 2230. The van der Waals surface area contributed by atoms with Gasteiger partial charge in [-0.05, 0) is 53.6 Å². The minimum atomic E-state index is -2.38. The summed E-state index contributed by atoms with van der Waals surface area (Å²) in [4.78, 5) is 43.1. The molecule has 2 unspecified atom stereocenters. The number of Topliss-reactive ketones (excluding diaryl/α,β-unsaturated/α-hetero) is 1. The quantitative estimate of drug-likeness (QED) is 0.148. The first kappa shape index (κ1) is 38.5. The minimum Gasteiger partial charge on any atom is -0.495 e. The second kappa shape index (κ2) is 16.6. The van der Waals surface area contributed by atoms with Crippen LogP contribution in [0.4, 0.5) is 17.5 Å². The maximum Gasteiger partial charge on any atom is 0.333 e. The normalized spacial score (nSPS) is 15.6. The zero-order valence-corrected chi connectivity index (χ0v) is 29.7. The summed E-state index contributed by atoms with van der Waals surface area (Å²) in [5.74, 6) is 11.1. The number of aliphatic carboxylic acids is 1. The number of carbonyl (C=O) groups excluding carboxylic acids is 1. The molecule has 0 fully saturated rings. The van der Waals surface area contributed by atoms with Crippen molar-refractivity contribution in [3.05, 3.63) is 131 Å². The van der Waals surface area contributed by atoms with E-state index in [0.29, 0.717) is 39.4 Å². The number of ether oxygens (including phenoxy) is 2. The first-order chi connectivity index (χ1) is 24.3. The molecule has 5 N–H and O–H groups in total. The third kappa shape index (κ3) is 7.42. The Kier molecular flexibility index (Phi) is 12.3. The van der Waals surface area contributed by atoms with Gasteiger partial charge in [-0.3, -0.25) is 9.78 Å². The lowest BCUT2D eigenvalue weighted by Crippen LogP contribution is -2.59. The van der Waals surface area contributed by atoms with Crippen LogP contribution in [0.15, 0.2) is 97.5 Å². The van der Waals surface area contributed by atoms with Crippen molar-refractivity contribution in [3.63, 3.8) is 0 Å². The number of benzene rings is 3. The topological polar surface area (TPSA) is 167 Å². The highest BCUT2D eigenvalue weighted by Crippen LogP contribution is 2.44. The molecular weight excluding hydrogens is 703 g/mol. The molecule has 0 amide bonds. The summed E-state index contributed by atoms with van der Waals surface area (Å²) < 4.78 is 11.0. The Morgan fingerprint density at radius 2 is 1.52 bits per heavy atom. The van der Waals surface area contributed by atoms with E-state index in [0.717, 1.165) is 5.56 Å². The summed E-state index contributed by atoms with van der Waals surface area (Å²) in [5.41, 5.74) is 13.0. The van der Waals surface area contributed by atoms with Crippen LogP contribution >= 0.6 is 24.8 Å². The summed E-state index contributed by atoms with van der Waals surface area (Å²) in [6.07, 6.45) is 4.91. The first-order valence-corrected chi connectivity index (χ1v) is 15.5. The number of carboxylic acids is 1. The molecule has 0 saturated heterocycles. The number of fused-ring (bicyclic) bond motifs is 1. The van der Waals surface area contributed by atoms with Gasteiger partial charge in [-0.15, -0.1) is 24.8 Å². The number of rotatable bonds is 7. The van der Waals surface area contributed by atoms with Crippen LogP contribution in [0.5, 0.6) is 11.5 Å². The van der Waals surface area contributed by atoms with Crippen LogP contribution in [0.3, 0.4) is 0 Å². The fourth-order valence-electron chi connectivity index (χ4n) is 5.95. The van der Waals surface area contributed by atoms with Crippen molar-refractivity contribution in [2.24, 2.45) is 5.41 Å². The number of nitrogen functional groups attached to an aromatic ring is 2. The highest BCUT2D eigenvalue weighted by Gasteiger charge is 2.58. The zero-order chi connectivity index (χ0) is 35.3. The molecule has 0 aliphatic carbocycles. The van der Waals surface area contributed by atoms with Gasteiger partial charge >= 0.3 is 5.97 Å². The Hall–Kier alpha value is -6.27. The van der Waals surface area contributed by atoms with Crippen molar-refractivity contribution in [3.8, 4) is 35.2 Å². The van der Waals surface area contributed by atoms with Crippen molar-refractivity contribution >= 4 is 54.0 Å². The molecule has 2 atom stereocenters. The highest BCUT2D eigenvalue weighted by atomic mass is 35.5. The van der Waals surface area contributed by atoms with E-state index in [9.17, 15) is 9.90 Å². The average molecular weight is 738 g/mol. The molecule has 13 heteroatoms. The highest BCUT2D eigenvalue weighted by molar-refractivity contribution is 6.21. The molecule has 1 aliphatic rings. The van der Waals surface area contributed by atoms with E-state index in [1.165, 1.54) is 20.4 Å². The predicted octanol–water partition coefficient (Wildman–Crippen LogP) is 5.23. The Morgan fingerprint density at radius 3 is 2.13 bits per heavy atom. The van der Waals surface area contributed by atoms with Gasteiger partial charge in [0.1, 0.15) is 23.4 Å². The Morgan fingerprint density at radius 1 is 0.885 bits per heavy atom. The van der Waals surface area contributed by atoms with Gasteiger partial charge in [0.25, 0.3) is 0 Å². The fraction of sp³-hybridized carbons (Fsp3) is 0.154. The van der Waals surface area contributed by atoms with E-state index in [2.05, 4.69) is 38.6 Å². The smallest absolute Gasteiger partial charge is 0.333 e. The minimum absolute atomic E-state index is 0. The molecule has 6 rings (SSSR count). The maximum absolute atomic E-state index is 15.1. The van der Waals surface area contributed by atoms with Gasteiger partial charge in [0.2, 0.25) is 11.4 Å². The number of hydrogen-bond acceptors (Lipinski definition) is 10. The second-order valence-corrected chi connectivity index (χ2v) is 11.4. The van der Waals surface area contributed by atoms with E-state index in [1.54, 1.807) is 79.1 Å². The molecule has 5 aromatic rings. The molecule has 0 saturated carbocycles. The largest absolute Gasteiger partial charge is 0.495 e. The van der Waals surface area contributed by atoms with Gasteiger partial charge in [0.15, 0.2) is 5.78 Å². The number of para-hydroxylation sites is 2. The molecule has 2 aromatic heterocycles. The molecule has 3 heterocycles. The number of carboxylic acid groups (broad SMARTS) is 1. The standard InChI is InChI=1S/C39H32N6O5.2ClH/c1-49-31-12-5-3-8-26(31)14-15-33-39(37(47)48,19-16-27-9-4-6-13-32(27)50-2)35(46)34-28(22-29-23-43-38(41)44-36(29)40)10-7-11-30(34)45(33)24-25-17-20-42-21-18-25;;/h3-13,17-18,20-21,23,33H,22,24H2,1-2H3,(H,47,48)(H4,40,41,43,44);2*1H. The number of methoxy groups -OCH3 is 2.